The second-order valence-corrected chi connectivity index (χ2v) is 6.60. The largest absolute Gasteiger partial charge is 0.313 e. The fourth-order valence-electron chi connectivity index (χ4n) is 2.49. The van der Waals surface area contributed by atoms with Gasteiger partial charge in [-0.1, -0.05) is 44.2 Å². The zero-order chi connectivity index (χ0) is 14.5. The minimum atomic E-state index is 0.437. The van der Waals surface area contributed by atoms with Crippen LogP contribution in [0, 0.1) is 13.8 Å². The van der Waals surface area contributed by atoms with Gasteiger partial charge in [-0.15, -0.1) is 11.3 Å². The van der Waals surface area contributed by atoms with Crippen LogP contribution < -0.4 is 5.32 Å². The standard InChI is InChI=1S/C17H24N2S/c1-5-18-16(11-17-19-13(3)14(4)20-17)12(2)15-9-7-6-8-10-15/h6-10,12,16,18H,5,11H2,1-4H3. The number of likely N-dealkylation sites (N-methyl/N-ethyl adjacent to an activating group) is 1. The highest BCUT2D eigenvalue weighted by Gasteiger charge is 2.20. The van der Waals surface area contributed by atoms with Gasteiger partial charge >= 0.3 is 0 Å². The van der Waals surface area contributed by atoms with Crippen molar-refractivity contribution in [3.05, 3.63) is 51.5 Å². The zero-order valence-electron chi connectivity index (χ0n) is 12.8. The van der Waals surface area contributed by atoms with Gasteiger partial charge in [-0.2, -0.15) is 0 Å². The van der Waals surface area contributed by atoms with E-state index in [4.69, 9.17) is 0 Å². The summed E-state index contributed by atoms with van der Waals surface area (Å²) < 4.78 is 0. The molecule has 0 saturated heterocycles. The molecule has 20 heavy (non-hydrogen) atoms. The van der Waals surface area contributed by atoms with Crippen LogP contribution in [0.5, 0.6) is 0 Å². The molecule has 1 aromatic heterocycles. The van der Waals surface area contributed by atoms with Gasteiger partial charge in [-0.25, -0.2) is 4.98 Å². The molecular weight excluding hydrogens is 264 g/mol. The number of hydrogen-bond acceptors (Lipinski definition) is 3. The zero-order valence-corrected chi connectivity index (χ0v) is 13.6. The fourth-order valence-corrected chi connectivity index (χ4v) is 3.48. The topological polar surface area (TPSA) is 24.9 Å². The van der Waals surface area contributed by atoms with Crippen LogP contribution in [0.3, 0.4) is 0 Å². The van der Waals surface area contributed by atoms with Gasteiger partial charge < -0.3 is 5.32 Å². The molecule has 2 atom stereocenters. The van der Waals surface area contributed by atoms with Crippen LogP contribution in [0.25, 0.3) is 0 Å². The van der Waals surface area contributed by atoms with Gasteiger partial charge in [0.05, 0.1) is 10.7 Å². The van der Waals surface area contributed by atoms with E-state index in [0.29, 0.717) is 12.0 Å². The SMILES string of the molecule is CCNC(Cc1nc(C)c(C)s1)C(C)c1ccccc1. The van der Waals surface area contributed by atoms with E-state index in [-0.39, 0.29) is 0 Å². The van der Waals surface area contributed by atoms with Crippen molar-refractivity contribution in [2.45, 2.75) is 46.1 Å². The number of aryl methyl sites for hydroxylation is 2. The van der Waals surface area contributed by atoms with E-state index in [1.807, 2.05) is 11.3 Å². The minimum absolute atomic E-state index is 0.437. The maximum absolute atomic E-state index is 4.69. The molecule has 0 spiro atoms. The summed E-state index contributed by atoms with van der Waals surface area (Å²) >= 11 is 1.83. The molecule has 0 aliphatic heterocycles. The van der Waals surface area contributed by atoms with E-state index in [1.165, 1.54) is 21.1 Å². The maximum atomic E-state index is 4.69. The van der Waals surface area contributed by atoms with Crippen molar-refractivity contribution in [1.82, 2.24) is 10.3 Å². The van der Waals surface area contributed by atoms with E-state index < -0.39 is 0 Å². The van der Waals surface area contributed by atoms with Gasteiger partial charge in [0.15, 0.2) is 0 Å². The van der Waals surface area contributed by atoms with Crippen LogP contribution >= 0.6 is 11.3 Å². The number of nitrogens with one attached hydrogen (secondary N) is 1. The molecule has 2 aromatic rings. The van der Waals surface area contributed by atoms with Crippen LogP contribution in [0.2, 0.25) is 0 Å². The molecule has 2 nitrogen and oxygen atoms in total. The van der Waals surface area contributed by atoms with Crippen molar-refractivity contribution in [3.63, 3.8) is 0 Å². The summed E-state index contributed by atoms with van der Waals surface area (Å²) in [6.45, 7) is 9.71. The van der Waals surface area contributed by atoms with Gasteiger partial charge in [0.1, 0.15) is 0 Å². The van der Waals surface area contributed by atoms with Gasteiger partial charge in [-0.3, -0.25) is 0 Å². The molecule has 2 unspecified atom stereocenters. The Labute approximate surface area is 126 Å². The summed E-state index contributed by atoms with van der Waals surface area (Å²) in [6, 6.07) is 11.2. The first kappa shape index (κ1) is 15.2. The highest BCUT2D eigenvalue weighted by molar-refractivity contribution is 7.11. The molecule has 1 N–H and O–H groups in total. The molecule has 3 heteroatoms. The predicted octanol–water partition coefficient (Wildman–Crippen LogP) is 4.08. The van der Waals surface area contributed by atoms with Crippen LogP contribution in [0.4, 0.5) is 0 Å². The number of benzene rings is 1. The lowest BCUT2D eigenvalue weighted by molar-refractivity contribution is 0.457. The minimum Gasteiger partial charge on any atom is -0.313 e. The summed E-state index contributed by atoms with van der Waals surface area (Å²) in [5, 5.41) is 4.87. The monoisotopic (exact) mass is 288 g/mol. The summed E-state index contributed by atoms with van der Waals surface area (Å²) in [5.74, 6) is 0.487. The van der Waals surface area contributed by atoms with Crippen molar-refractivity contribution in [3.8, 4) is 0 Å². The molecule has 2 rings (SSSR count). The molecule has 108 valence electrons. The van der Waals surface area contributed by atoms with Crippen molar-refractivity contribution in [1.29, 1.82) is 0 Å². The molecule has 0 radical (unpaired) electrons. The average molecular weight is 288 g/mol. The summed E-state index contributed by atoms with van der Waals surface area (Å²) in [6.07, 6.45) is 1.00. The fraction of sp³-hybridized carbons (Fsp3) is 0.471. The Morgan fingerprint density at radius 3 is 2.45 bits per heavy atom. The van der Waals surface area contributed by atoms with Crippen LogP contribution in [0.1, 0.15) is 40.9 Å². The van der Waals surface area contributed by atoms with E-state index in [1.54, 1.807) is 0 Å². The number of hydrogen-bond donors (Lipinski definition) is 1. The molecule has 0 bridgehead atoms. The van der Waals surface area contributed by atoms with E-state index in [9.17, 15) is 0 Å². The van der Waals surface area contributed by atoms with Crippen LogP contribution in [0.15, 0.2) is 30.3 Å². The normalized spacial score (nSPS) is 14.2. The molecular formula is C17H24N2S. The second kappa shape index (κ2) is 7.00. The summed E-state index contributed by atoms with van der Waals surface area (Å²) in [7, 11) is 0. The smallest absolute Gasteiger partial charge is 0.0946 e. The summed E-state index contributed by atoms with van der Waals surface area (Å²) in [4.78, 5) is 6.02. The number of nitrogens with zero attached hydrogens (tertiary/aromatic N) is 1. The van der Waals surface area contributed by atoms with Gasteiger partial charge in [0.2, 0.25) is 0 Å². The lowest BCUT2D eigenvalue weighted by atomic mass is 9.91. The molecule has 0 fully saturated rings. The first-order valence-electron chi connectivity index (χ1n) is 7.33. The first-order chi connectivity index (χ1) is 9.61. The number of rotatable bonds is 6. The molecule has 0 aliphatic rings. The summed E-state index contributed by atoms with van der Waals surface area (Å²) in [5.41, 5.74) is 2.57. The van der Waals surface area contributed by atoms with Crippen molar-refractivity contribution < 1.29 is 0 Å². The third kappa shape index (κ3) is 3.68. The molecule has 1 aromatic carbocycles. The maximum Gasteiger partial charge on any atom is 0.0946 e. The van der Waals surface area contributed by atoms with Crippen molar-refractivity contribution in [2.24, 2.45) is 0 Å². The predicted molar refractivity (Wildman–Crippen MR) is 87.6 cm³/mol. The van der Waals surface area contributed by atoms with Crippen molar-refractivity contribution in [2.75, 3.05) is 6.54 Å². The average Bonchev–Trinajstić information content (AvgIpc) is 2.77. The Kier molecular flexibility index (Phi) is 5.32. The van der Waals surface area contributed by atoms with Gasteiger partial charge in [0, 0.05) is 17.3 Å². The quantitative estimate of drug-likeness (QED) is 0.866. The second-order valence-electron chi connectivity index (χ2n) is 5.32. The highest BCUT2D eigenvalue weighted by Crippen LogP contribution is 2.24. The Hall–Kier alpha value is -1.19. The van der Waals surface area contributed by atoms with E-state index in [0.717, 1.165) is 13.0 Å². The lowest BCUT2D eigenvalue weighted by Crippen LogP contribution is -2.35. The Balaban J connectivity index is 2.14. The number of aromatic nitrogens is 1. The van der Waals surface area contributed by atoms with Crippen molar-refractivity contribution >= 4 is 11.3 Å². The Bertz CT molecular complexity index is 514. The molecule has 0 saturated carbocycles. The third-order valence-corrected chi connectivity index (χ3v) is 4.96. The highest BCUT2D eigenvalue weighted by atomic mass is 32.1. The van der Waals surface area contributed by atoms with Crippen LogP contribution in [-0.2, 0) is 6.42 Å². The Morgan fingerprint density at radius 1 is 1.20 bits per heavy atom. The number of thiazole rings is 1. The Morgan fingerprint density at radius 2 is 1.90 bits per heavy atom. The molecule has 0 amide bonds. The van der Waals surface area contributed by atoms with E-state index >= 15 is 0 Å². The van der Waals surface area contributed by atoms with E-state index in [2.05, 4.69) is 68.3 Å². The molecule has 1 heterocycles. The third-order valence-electron chi connectivity index (χ3n) is 3.86. The lowest BCUT2D eigenvalue weighted by Gasteiger charge is -2.24. The van der Waals surface area contributed by atoms with Gasteiger partial charge in [-0.05, 0) is 31.9 Å². The molecule has 0 aliphatic carbocycles. The first-order valence-corrected chi connectivity index (χ1v) is 8.14. The van der Waals surface area contributed by atoms with Gasteiger partial charge in [0.25, 0.3) is 0 Å². The van der Waals surface area contributed by atoms with Crippen LogP contribution in [-0.4, -0.2) is 17.6 Å².